The lowest BCUT2D eigenvalue weighted by Gasteiger charge is -2.33. The van der Waals surface area contributed by atoms with E-state index < -0.39 is 19.0 Å². The first-order valence-electron chi connectivity index (χ1n) is 9.75. The van der Waals surface area contributed by atoms with Crippen LogP contribution in [0, 0.1) is 11.8 Å². The zero-order chi connectivity index (χ0) is 18.1. The van der Waals surface area contributed by atoms with Gasteiger partial charge in [0.1, 0.15) is 7.14 Å². The van der Waals surface area contributed by atoms with E-state index in [9.17, 15) is 14.2 Å². The number of benzene rings is 1. The Bertz CT molecular complexity index is 855. The Labute approximate surface area is 154 Å². The van der Waals surface area contributed by atoms with Gasteiger partial charge < -0.3 is 4.57 Å². The van der Waals surface area contributed by atoms with Gasteiger partial charge in [-0.3, -0.25) is 9.59 Å². The van der Waals surface area contributed by atoms with E-state index in [1.54, 1.807) is 12.1 Å². The average molecular weight is 369 g/mol. The van der Waals surface area contributed by atoms with E-state index in [0.29, 0.717) is 5.69 Å². The van der Waals surface area contributed by atoms with Gasteiger partial charge in [0.2, 0.25) is 11.8 Å². The monoisotopic (exact) mass is 369 g/mol. The molecule has 0 spiro atoms. The summed E-state index contributed by atoms with van der Waals surface area (Å²) >= 11 is 0. The van der Waals surface area contributed by atoms with Gasteiger partial charge in [0.05, 0.1) is 17.5 Å². The van der Waals surface area contributed by atoms with E-state index in [4.69, 9.17) is 0 Å². The summed E-state index contributed by atoms with van der Waals surface area (Å²) in [4.78, 5) is 27.8. The predicted octanol–water partition coefficient (Wildman–Crippen LogP) is 4.20. The number of hydrogen-bond acceptors (Lipinski definition) is 3. The van der Waals surface area contributed by atoms with Crippen molar-refractivity contribution in [2.45, 2.75) is 56.0 Å². The highest BCUT2D eigenvalue weighted by Gasteiger charge is 2.71. The maximum Gasteiger partial charge on any atom is 0.238 e. The van der Waals surface area contributed by atoms with Crippen LogP contribution in [-0.2, 0) is 14.2 Å². The molecule has 2 bridgehead atoms. The summed E-state index contributed by atoms with van der Waals surface area (Å²) in [5.74, 6) is -1.10. The third-order valence-electron chi connectivity index (χ3n) is 7.07. The van der Waals surface area contributed by atoms with E-state index in [0.717, 1.165) is 31.3 Å². The standard InChI is InChI=1S/C21H24NO3P/c1-13-12-16-17-18(19(13)26(16,25)15-10-6-3-7-11-15)21(24)22(20(17)23)14-8-4-2-5-9-14/h2,4-5,8-9,12,15-19H,3,6-7,10-11H2,1H3/t16-,17+,18+,19+,26?/m0/s1. The smallest absolute Gasteiger partial charge is 0.238 e. The highest BCUT2D eigenvalue weighted by molar-refractivity contribution is 7.67. The minimum Gasteiger partial charge on any atom is -0.322 e. The molecule has 0 N–H and O–H groups in total. The molecule has 1 unspecified atom stereocenters. The van der Waals surface area contributed by atoms with E-state index in [-0.39, 0.29) is 28.8 Å². The van der Waals surface area contributed by atoms with Gasteiger partial charge in [-0.15, -0.1) is 0 Å². The van der Waals surface area contributed by atoms with Gasteiger partial charge in [0.15, 0.2) is 0 Å². The summed E-state index contributed by atoms with van der Waals surface area (Å²) in [6.07, 6.45) is 7.54. The second kappa shape index (κ2) is 5.66. The molecule has 3 fully saturated rings. The number of rotatable bonds is 2. The van der Waals surface area contributed by atoms with Crippen molar-refractivity contribution in [2.75, 3.05) is 4.90 Å². The van der Waals surface area contributed by atoms with Crippen LogP contribution in [0.4, 0.5) is 5.69 Å². The van der Waals surface area contributed by atoms with Gasteiger partial charge in [-0.25, -0.2) is 4.90 Å². The van der Waals surface area contributed by atoms with E-state index >= 15 is 0 Å². The van der Waals surface area contributed by atoms with Gasteiger partial charge >= 0.3 is 0 Å². The summed E-state index contributed by atoms with van der Waals surface area (Å²) in [6, 6.07) is 9.17. The molecule has 0 aromatic heterocycles. The lowest BCUT2D eigenvalue weighted by atomic mass is 9.82. The van der Waals surface area contributed by atoms with Crippen LogP contribution in [-0.4, -0.2) is 28.8 Å². The fraction of sp³-hybridized carbons (Fsp3) is 0.524. The Kier molecular flexibility index (Phi) is 3.59. The van der Waals surface area contributed by atoms with Crippen molar-refractivity contribution >= 4 is 24.6 Å². The highest BCUT2D eigenvalue weighted by atomic mass is 31.2. The molecular formula is C21H24NO3P. The Morgan fingerprint density at radius 1 is 0.962 bits per heavy atom. The fourth-order valence-electron chi connectivity index (χ4n) is 6.07. The Morgan fingerprint density at radius 3 is 2.31 bits per heavy atom. The van der Waals surface area contributed by atoms with Gasteiger partial charge in [-0.05, 0) is 31.9 Å². The summed E-state index contributed by atoms with van der Waals surface area (Å²) in [5.41, 5.74) is 1.51. The van der Waals surface area contributed by atoms with Crippen molar-refractivity contribution in [2.24, 2.45) is 11.8 Å². The largest absolute Gasteiger partial charge is 0.322 e. The molecule has 5 rings (SSSR count). The molecule has 3 heterocycles. The van der Waals surface area contributed by atoms with Gasteiger partial charge in [-0.2, -0.15) is 0 Å². The number of hydrogen-bond donors (Lipinski definition) is 0. The molecule has 26 heavy (non-hydrogen) atoms. The fourth-order valence-corrected chi connectivity index (χ4v) is 11.4. The van der Waals surface area contributed by atoms with Crippen LogP contribution in [0.1, 0.15) is 39.0 Å². The Balaban J connectivity index is 1.56. The first kappa shape index (κ1) is 16.5. The summed E-state index contributed by atoms with van der Waals surface area (Å²) in [5, 5.41) is 0. The lowest BCUT2D eigenvalue weighted by molar-refractivity contribution is -0.122. The molecule has 5 atom stereocenters. The molecule has 4 nitrogen and oxygen atoms in total. The predicted molar refractivity (Wildman–Crippen MR) is 102 cm³/mol. The third-order valence-corrected chi connectivity index (χ3v) is 11.7. The Hall–Kier alpha value is -1.67. The molecule has 0 radical (unpaired) electrons. The number of para-hydroxylation sites is 1. The average Bonchev–Trinajstić information content (AvgIpc) is 3.18. The zero-order valence-electron chi connectivity index (χ0n) is 15.0. The van der Waals surface area contributed by atoms with Crippen LogP contribution in [0.25, 0.3) is 0 Å². The van der Waals surface area contributed by atoms with Crippen molar-refractivity contribution in [1.82, 2.24) is 0 Å². The van der Waals surface area contributed by atoms with Crippen molar-refractivity contribution in [1.29, 1.82) is 0 Å². The summed E-state index contributed by atoms with van der Waals surface area (Å²) in [6.45, 7) is 2.01. The molecule has 4 aliphatic rings. The maximum absolute atomic E-state index is 14.3. The minimum atomic E-state index is -2.60. The first-order valence-corrected chi connectivity index (χ1v) is 11.7. The van der Waals surface area contributed by atoms with Crippen LogP contribution in [0.15, 0.2) is 42.0 Å². The zero-order valence-corrected chi connectivity index (χ0v) is 15.9. The quantitative estimate of drug-likeness (QED) is 0.446. The summed E-state index contributed by atoms with van der Waals surface area (Å²) < 4.78 is 14.3. The molecule has 3 aliphatic heterocycles. The van der Waals surface area contributed by atoms with Crippen LogP contribution in [0.5, 0.6) is 0 Å². The molecule has 1 saturated carbocycles. The normalized spacial score (nSPS) is 39.4. The van der Waals surface area contributed by atoms with Crippen LogP contribution in [0.3, 0.4) is 0 Å². The maximum atomic E-state index is 14.3. The number of imide groups is 1. The number of nitrogens with zero attached hydrogens (tertiary/aromatic N) is 1. The van der Waals surface area contributed by atoms with E-state index in [2.05, 4.69) is 6.08 Å². The number of amides is 2. The van der Waals surface area contributed by atoms with E-state index in [1.807, 2.05) is 25.1 Å². The van der Waals surface area contributed by atoms with Gasteiger partial charge in [0, 0.05) is 17.0 Å². The SMILES string of the molecule is CC1=C[C@H]2[C@H]3C(=O)N(c4ccccc4)C(=O)[C@H]3[C@@H]1P2(=O)C1CCCCC1. The van der Waals surface area contributed by atoms with E-state index in [1.165, 1.54) is 11.3 Å². The number of allylic oxidation sites excluding steroid dienone is 2. The van der Waals surface area contributed by atoms with Crippen molar-refractivity contribution < 1.29 is 14.2 Å². The van der Waals surface area contributed by atoms with Gasteiger partial charge in [0.25, 0.3) is 0 Å². The van der Waals surface area contributed by atoms with Crippen molar-refractivity contribution in [3.8, 4) is 0 Å². The van der Waals surface area contributed by atoms with Crippen molar-refractivity contribution in [3.05, 3.63) is 42.0 Å². The molecule has 1 aliphatic carbocycles. The topological polar surface area (TPSA) is 54.5 Å². The Morgan fingerprint density at radius 2 is 1.62 bits per heavy atom. The second-order valence-electron chi connectivity index (χ2n) is 8.30. The minimum absolute atomic E-state index is 0.137. The third kappa shape index (κ3) is 1.94. The lowest BCUT2D eigenvalue weighted by Crippen LogP contribution is -2.35. The number of anilines is 1. The summed E-state index contributed by atoms with van der Waals surface area (Å²) in [7, 11) is -2.60. The molecule has 1 aromatic rings. The van der Waals surface area contributed by atoms with Crippen molar-refractivity contribution in [3.63, 3.8) is 0 Å². The first-order chi connectivity index (χ1) is 12.5. The van der Waals surface area contributed by atoms with Gasteiger partial charge in [-0.1, -0.05) is 49.1 Å². The number of carbonyl (C=O) groups is 2. The molecule has 1 aromatic carbocycles. The van der Waals surface area contributed by atoms with Crippen LogP contribution >= 0.6 is 7.14 Å². The molecule has 2 amide bonds. The van der Waals surface area contributed by atoms with Crippen LogP contribution < -0.4 is 4.90 Å². The molecule has 136 valence electrons. The molecular weight excluding hydrogens is 345 g/mol. The number of carbonyl (C=O) groups excluding carboxylic acids is 2. The highest BCUT2D eigenvalue weighted by Crippen LogP contribution is 2.78. The molecule has 5 heteroatoms. The molecule has 2 saturated heterocycles. The van der Waals surface area contributed by atoms with Crippen LogP contribution in [0.2, 0.25) is 0 Å². The number of fused-ring (bicyclic) bond motifs is 5. The second-order valence-corrected chi connectivity index (χ2v) is 11.7.